The molecule has 0 bridgehead atoms. The molecule has 2 fully saturated rings. The highest BCUT2D eigenvalue weighted by atomic mass is 16.5. The number of nitrogens with one attached hydrogen (secondary N) is 2. The number of ether oxygens (including phenoxy) is 1. The lowest BCUT2D eigenvalue weighted by Crippen LogP contribution is -2.39. The molecule has 0 aromatic heterocycles. The van der Waals surface area contributed by atoms with E-state index in [-0.39, 0.29) is 18.1 Å². The SMILES string of the molecule is O=C(NCc1ccccc1OC1CCCC1)NCC1(CO)CC1. The summed E-state index contributed by atoms with van der Waals surface area (Å²) < 4.78 is 6.08. The van der Waals surface area contributed by atoms with Crippen LogP contribution < -0.4 is 15.4 Å². The van der Waals surface area contributed by atoms with E-state index in [1.54, 1.807) is 0 Å². The summed E-state index contributed by atoms with van der Waals surface area (Å²) >= 11 is 0. The van der Waals surface area contributed by atoms with Crippen LogP contribution in [0.2, 0.25) is 0 Å². The molecule has 0 saturated heterocycles. The van der Waals surface area contributed by atoms with E-state index in [1.165, 1.54) is 12.8 Å². The molecule has 3 N–H and O–H groups in total. The maximum Gasteiger partial charge on any atom is 0.315 e. The molecule has 2 aliphatic carbocycles. The first-order valence-corrected chi connectivity index (χ1v) is 8.58. The molecule has 0 aliphatic heterocycles. The van der Waals surface area contributed by atoms with Crippen LogP contribution in [0, 0.1) is 5.41 Å². The molecule has 0 atom stereocenters. The van der Waals surface area contributed by atoms with Gasteiger partial charge in [-0.3, -0.25) is 0 Å². The highest BCUT2D eigenvalue weighted by Gasteiger charge is 2.42. The van der Waals surface area contributed by atoms with Crippen molar-refractivity contribution in [2.75, 3.05) is 13.2 Å². The lowest BCUT2D eigenvalue weighted by Gasteiger charge is -2.17. The van der Waals surface area contributed by atoms with Gasteiger partial charge < -0.3 is 20.5 Å². The zero-order valence-corrected chi connectivity index (χ0v) is 13.5. The van der Waals surface area contributed by atoms with Crippen LogP contribution in [0.3, 0.4) is 0 Å². The van der Waals surface area contributed by atoms with Gasteiger partial charge in [0.15, 0.2) is 0 Å². The smallest absolute Gasteiger partial charge is 0.315 e. The summed E-state index contributed by atoms with van der Waals surface area (Å²) in [4.78, 5) is 11.9. The fourth-order valence-electron chi connectivity index (χ4n) is 3.02. The summed E-state index contributed by atoms with van der Waals surface area (Å²) in [7, 11) is 0. The Morgan fingerprint density at radius 1 is 1.22 bits per heavy atom. The van der Waals surface area contributed by atoms with Gasteiger partial charge in [0.25, 0.3) is 0 Å². The monoisotopic (exact) mass is 318 g/mol. The van der Waals surface area contributed by atoms with Crippen LogP contribution >= 0.6 is 0 Å². The van der Waals surface area contributed by atoms with Crippen LogP contribution in [0.5, 0.6) is 5.75 Å². The minimum Gasteiger partial charge on any atom is -0.490 e. The van der Waals surface area contributed by atoms with Crippen LogP contribution in [0.25, 0.3) is 0 Å². The molecule has 3 rings (SSSR count). The quantitative estimate of drug-likeness (QED) is 0.723. The van der Waals surface area contributed by atoms with Crippen molar-refractivity contribution in [1.29, 1.82) is 0 Å². The molecule has 1 aromatic carbocycles. The second-order valence-electron chi connectivity index (χ2n) is 6.83. The number of benzene rings is 1. The summed E-state index contributed by atoms with van der Waals surface area (Å²) in [5, 5.41) is 15.0. The molecule has 1 aromatic rings. The van der Waals surface area contributed by atoms with Gasteiger partial charge in [-0.1, -0.05) is 18.2 Å². The van der Waals surface area contributed by atoms with E-state index in [1.807, 2.05) is 24.3 Å². The highest BCUT2D eigenvalue weighted by Crippen LogP contribution is 2.44. The average molecular weight is 318 g/mol. The van der Waals surface area contributed by atoms with E-state index >= 15 is 0 Å². The van der Waals surface area contributed by atoms with Gasteiger partial charge >= 0.3 is 6.03 Å². The van der Waals surface area contributed by atoms with Crippen molar-refractivity contribution < 1.29 is 14.6 Å². The zero-order valence-electron chi connectivity index (χ0n) is 13.5. The largest absolute Gasteiger partial charge is 0.490 e. The maximum absolute atomic E-state index is 11.9. The molecule has 23 heavy (non-hydrogen) atoms. The second-order valence-corrected chi connectivity index (χ2v) is 6.83. The Labute approximate surface area is 137 Å². The zero-order chi connectivity index (χ0) is 16.1. The third-order valence-corrected chi connectivity index (χ3v) is 4.92. The Morgan fingerprint density at radius 2 is 1.96 bits per heavy atom. The Kier molecular flexibility index (Phi) is 5.06. The fraction of sp³-hybridized carbons (Fsp3) is 0.611. The lowest BCUT2D eigenvalue weighted by molar-refractivity contribution is 0.202. The van der Waals surface area contributed by atoms with Crippen molar-refractivity contribution >= 4 is 6.03 Å². The van der Waals surface area contributed by atoms with Gasteiger partial charge in [-0.25, -0.2) is 4.79 Å². The molecule has 5 heteroatoms. The van der Waals surface area contributed by atoms with E-state index in [9.17, 15) is 9.90 Å². The number of hydrogen-bond donors (Lipinski definition) is 3. The Bertz CT molecular complexity index is 537. The minimum atomic E-state index is -0.194. The van der Waals surface area contributed by atoms with E-state index < -0.39 is 0 Å². The summed E-state index contributed by atoms with van der Waals surface area (Å²) in [5.74, 6) is 0.869. The summed E-state index contributed by atoms with van der Waals surface area (Å²) in [6.45, 7) is 1.13. The fourth-order valence-corrected chi connectivity index (χ4v) is 3.02. The number of amides is 2. The minimum absolute atomic E-state index is 0.0686. The first-order valence-electron chi connectivity index (χ1n) is 8.58. The normalized spacial score (nSPS) is 19.3. The molecule has 5 nitrogen and oxygen atoms in total. The molecule has 2 saturated carbocycles. The number of rotatable bonds is 7. The highest BCUT2D eigenvalue weighted by molar-refractivity contribution is 5.74. The number of aliphatic hydroxyl groups excluding tert-OH is 1. The van der Waals surface area contributed by atoms with Gasteiger partial charge in [-0.05, 0) is 44.6 Å². The molecule has 0 unspecified atom stereocenters. The van der Waals surface area contributed by atoms with Crippen molar-refractivity contribution in [3.8, 4) is 5.75 Å². The molecule has 0 radical (unpaired) electrons. The third kappa shape index (κ3) is 4.38. The van der Waals surface area contributed by atoms with Crippen LogP contribution in [0.4, 0.5) is 4.79 Å². The topological polar surface area (TPSA) is 70.6 Å². The van der Waals surface area contributed by atoms with Crippen molar-refractivity contribution in [3.05, 3.63) is 29.8 Å². The van der Waals surface area contributed by atoms with Gasteiger partial charge in [0, 0.05) is 24.1 Å². The van der Waals surface area contributed by atoms with E-state index in [2.05, 4.69) is 10.6 Å². The number of hydrogen-bond acceptors (Lipinski definition) is 3. The summed E-state index contributed by atoms with van der Waals surface area (Å²) in [6, 6.07) is 7.69. The van der Waals surface area contributed by atoms with E-state index in [0.29, 0.717) is 19.2 Å². The molecule has 0 heterocycles. The van der Waals surface area contributed by atoms with Gasteiger partial charge in [-0.15, -0.1) is 0 Å². The molecule has 126 valence electrons. The Balaban J connectivity index is 1.48. The van der Waals surface area contributed by atoms with Gasteiger partial charge in [0.2, 0.25) is 0 Å². The second kappa shape index (κ2) is 7.21. The van der Waals surface area contributed by atoms with E-state index in [4.69, 9.17) is 4.74 Å². The summed E-state index contributed by atoms with van der Waals surface area (Å²) in [6.07, 6.45) is 6.99. The number of carbonyl (C=O) groups excluding carboxylic acids is 1. The van der Waals surface area contributed by atoms with Crippen molar-refractivity contribution in [2.45, 2.75) is 51.2 Å². The number of urea groups is 1. The Hall–Kier alpha value is -1.75. The lowest BCUT2D eigenvalue weighted by atomic mass is 10.1. The summed E-state index contributed by atoms with van der Waals surface area (Å²) in [5.41, 5.74) is 0.929. The van der Waals surface area contributed by atoms with E-state index in [0.717, 1.165) is 37.0 Å². The first kappa shape index (κ1) is 16.1. The maximum atomic E-state index is 11.9. The van der Waals surface area contributed by atoms with Gasteiger partial charge in [-0.2, -0.15) is 0 Å². The number of aliphatic hydroxyl groups is 1. The predicted molar refractivity (Wildman–Crippen MR) is 88.3 cm³/mol. The third-order valence-electron chi connectivity index (χ3n) is 4.92. The van der Waals surface area contributed by atoms with Crippen molar-refractivity contribution in [2.24, 2.45) is 5.41 Å². The predicted octanol–water partition coefficient (Wildman–Crippen LogP) is 2.58. The van der Waals surface area contributed by atoms with Crippen LogP contribution in [0.15, 0.2) is 24.3 Å². The number of para-hydroxylation sites is 1. The standard InChI is InChI=1S/C18H26N2O3/c21-13-18(9-10-18)12-20-17(22)19-11-14-5-1-4-8-16(14)23-15-6-2-3-7-15/h1,4-5,8,15,21H,2-3,6-7,9-13H2,(H2,19,20,22). The molecular weight excluding hydrogens is 292 g/mol. The van der Waals surface area contributed by atoms with Crippen LogP contribution in [-0.4, -0.2) is 30.4 Å². The van der Waals surface area contributed by atoms with Crippen molar-refractivity contribution in [1.82, 2.24) is 10.6 Å². The number of carbonyl (C=O) groups is 1. The Morgan fingerprint density at radius 3 is 2.65 bits per heavy atom. The molecule has 2 aliphatic rings. The van der Waals surface area contributed by atoms with Crippen LogP contribution in [0.1, 0.15) is 44.1 Å². The van der Waals surface area contributed by atoms with Crippen molar-refractivity contribution in [3.63, 3.8) is 0 Å². The van der Waals surface area contributed by atoms with Gasteiger partial charge in [0.1, 0.15) is 5.75 Å². The molecule has 2 amide bonds. The van der Waals surface area contributed by atoms with Crippen LogP contribution in [-0.2, 0) is 6.54 Å². The first-order chi connectivity index (χ1) is 11.2. The van der Waals surface area contributed by atoms with Gasteiger partial charge in [0.05, 0.1) is 12.7 Å². The average Bonchev–Trinajstić information content (AvgIpc) is 3.19. The molecular formula is C18H26N2O3. The molecule has 0 spiro atoms.